The Labute approximate surface area is 268 Å². The molecule has 14 heteroatoms. The number of benzene rings is 1. The summed E-state index contributed by atoms with van der Waals surface area (Å²) in [5, 5.41) is 23.1. The van der Waals surface area contributed by atoms with Crippen LogP contribution in [0.1, 0.15) is 41.8 Å². The molecule has 0 saturated heterocycles. The minimum absolute atomic E-state index is 0.0829. The van der Waals surface area contributed by atoms with E-state index in [1.165, 1.54) is 46.3 Å². The third kappa shape index (κ3) is 5.39. The lowest BCUT2D eigenvalue weighted by Crippen LogP contribution is -2.79. The molecule has 0 aromatic heterocycles. The average molecular weight is 648 g/mol. The van der Waals surface area contributed by atoms with Gasteiger partial charge in [0.2, 0.25) is 5.91 Å². The number of aliphatic hydroxyl groups is 1. The molecule has 2 saturated carbocycles. The second-order valence-corrected chi connectivity index (χ2v) is 13.4. The number of carbonyl (C=O) groups is 5. The number of rotatable bonds is 12. The number of carbonyl (C=O) groups excluding carboxylic acids is 5. The summed E-state index contributed by atoms with van der Waals surface area (Å²) in [6.45, 7) is 4.01. The van der Waals surface area contributed by atoms with Crippen LogP contribution in [0.5, 0.6) is 5.75 Å². The summed E-state index contributed by atoms with van der Waals surface area (Å²) in [7, 11) is 9.13. The number of hydrogen-bond donors (Lipinski definition) is 3. The number of primary amides is 1. The average Bonchev–Trinajstić information content (AvgIpc) is 2.97. The smallest absolute Gasteiger partial charge is 0.235 e. The van der Waals surface area contributed by atoms with Gasteiger partial charge in [0.05, 0.1) is 30.6 Å². The maximum absolute atomic E-state index is 14.4. The second-order valence-electron chi connectivity index (χ2n) is 13.4. The summed E-state index contributed by atoms with van der Waals surface area (Å²) in [4.78, 5) is 71.9. The maximum Gasteiger partial charge on any atom is 0.235 e. The Morgan fingerprint density at radius 1 is 0.978 bits per heavy atom. The van der Waals surface area contributed by atoms with E-state index < -0.39 is 75.9 Å². The van der Waals surface area contributed by atoms with Crippen molar-refractivity contribution < 1.29 is 53.1 Å². The molecule has 2 unspecified atom stereocenters. The van der Waals surface area contributed by atoms with Crippen LogP contribution in [0, 0.1) is 22.7 Å². The number of nitrogens with two attached hydrogens (primary N) is 1. The number of nitrogens with zero attached hydrogens (tertiary/aromatic N) is 2. The van der Waals surface area contributed by atoms with E-state index in [0.29, 0.717) is 24.2 Å². The Morgan fingerprint density at radius 3 is 2.00 bits per heavy atom. The van der Waals surface area contributed by atoms with Crippen LogP contribution < -0.4 is 5.73 Å². The highest BCUT2D eigenvalue weighted by molar-refractivity contribution is 6.33. The molecule has 14 nitrogen and oxygen atoms in total. The van der Waals surface area contributed by atoms with Gasteiger partial charge >= 0.3 is 0 Å². The van der Waals surface area contributed by atoms with Crippen molar-refractivity contribution in [1.82, 2.24) is 9.80 Å². The summed E-state index contributed by atoms with van der Waals surface area (Å²) in [5.41, 5.74) is 0.768. The normalized spacial score (nSPS) is 31.1. The van der Waals surface area contributed by atoms with E-state index in [2.05, 4.69) is 0 Å². The van der Waals surface area contributed by atoms with Gasteiger partial charge in [-0.25, -0.2) is 0 Å². The first kappa shape index (κ1) is 35.7. The molecule has 0 spiro atoms. The number of ketones is 4. The van der Waals surface area contributed by atoms with Gasteiger partial charge in [0.25, 0.3) is 0 Å². The first-order valence-electron chi connectivity index (χ1n) is 15.0. The highest BCUT2D eigenvalue weighted by atomic mass is 16.7. The summed E-state index contributed by atoms with van der Waals surface area (Å²) < 4.78 is 21.7. The standard InChI is InChI=1S/C32H45N3O11/c1-30-11-17-16(12-35(13-19(43-5)44-6)14-20(45-7)46-8)9-10-18(36)21(17)24(37)23(30)28(40)32(42)27(39)22(29(33)41)25(38)26(34(3)4)31(32,2)15-30/h9-10,19-20,22-23,26,36,42H,11-15H2,1-8H3,(H2,33,41)/t22?,23?,26-,30+,31+,32-/m1/s1. The van der Waals surface area contributed by atoms with Crippen LogP contribution in [-0.4, -0.2) is 129 Å². The van der Waals surface area contributed by atoms with Gasteiger partial charge in [-0.15, -0.1) is 0 Å². The Bertz CT molecular complexity index is 1410. The van der Waals surface area contributed by atoms with Gasteiger partial charge < -0.3 is 34.9 Å². The number of phenols is 1. The molecule has 0 heterocycles. The largest absolute Gasteiger partial charge is 0.507 e. The number of ether oxygens (including phenoxy) is 4. The zero-order chi connectivity index (χ0) is 34.5. The zero-order valence-electron chi connectivity index (χ0n) is 27.6. The van der Waals surface area contributed by atoms with Gasteiger partial charge in [-0.1, -0.05) is 19.9 Å². The van der Waals surface area contributed by atoms with Crippen molar-refractivity contribution in [3.8, 4) is 5.75 Å². The highest BCUT2D eigenvalue weighted by Gasteiger charge is 2.76. The van der Waals surface area contributed by atoms with E-state index in [4.69, 9.17) is 24.7 Å². The fraction of sp³-hybridized carbons (Fsp3) is 0.656. The predicted octanol–water partition coefficient (Wildman–Crippen LogP) is -0.313. The van der Waals surface area contributed by atoms with Crippen molar-refractivity contribution >= 4 is 29.0 Å². The second kappa shape index (κ2) is 12.8. The van der Waals surface area contributed by atoms with Gasteiger partial charge in [0.15, 0.2) is 47.2 Å². The molecule has 0 radical (unpaired) electrons. The van der Waals surface area contributed by atoms with Crippen molar-refractivity contribution in [2.75, 3.05) is 55.6 Å². The van der Waals surface area contributed by atoms with Crippen LogP contribution in [0.4, 0.5) is 0 Å². The van der Waals surface area contributed by atoms with Crippen LogP contribution in [0.2, 0.25) is 0 Å². The number of hydrogen-bond acceptors (Lipinski definition) is 13. The minimum atomic E-state index is -2.86. The van der Waals surface area contributed by atoms with Crippen molar-refractivity contribution in [3.63, 3.8) is 0 Å². The van der Waals surface area contributed by atoms with Gasteiger partial charge in [-0.3, -0.25) is 33.8 Å². The molecule has 3 aliphatic carbocycles. The number of aromatic hydroxyl groups is 1. The van der Waals surface area contributed by atoms with E-state index in [0.717, 1.165) is 0 Å². The zero-order valence-corrected chi connectivity index (χ0v) is 27.6. The molecule has 6 atom stereocenters. The van der Waals surface area contributed by atoms with E-state index in [-0.39, 0.29) is 30.7 Å². The van der Waals surface area contributed by atoms with Crippen LogP contribution in [-0.2, 0) is 51.1 Å². The Kier molecular flexibility index (Phi) is 9.97. The molecule has 1 amide bonds. The van der Waals surface area contributed by atoms with E-state index in [1.807, 2.05) is 4.90 Å². The summed E-state index contributed by atoms with van der Waals surface area (Å²) >= 11 is 0. The van der Waals surface area contributed by atoms with Crippen molar-refractivity contribution in [1.29, 1.82) is 0 Å². The van der Waals surface area contributed by atoms with E-state index in [9.17, 15) is 34.2 Å². The molecule has 4 N–H and O–H groups in total. The number of phenolic OH excluding ortho intramolecular Hbond substituents is 1. The number of methoxy groups -OCH3 is 4. The Balaban J connectivity index is 1.86. The van der Waals surface area contributed by atoms with Gasteiger partial charge in [-0.05, 0) is 49.5 Å². The molecule has 0 bridgehead atoms. The minimum Gasteiger partial charge on any atom is -0.507 e. The number of likely N-dealkylation sites (N-methyl/N-ethyl adjacent to an activating group) is 1. The molecule has 3 aliphatic rings. The topological polar surface area (TPSA) is 195 Å². The van der Waals surface area contributed by atoms with E-state index in [1.54, 1.807) is 27.1 Å². The molecule has 46 heavy (non-hydrogen) atoms. The van der Waals surface area contributed by atoms with Crippen molar-refractivity contribution in [2.45, 2.75) is 57.5 Å². The quantitative estimate of drug-likeness (QED) is 0.198. The lowest BCUT2D eigenvalue weighted by atomic mass is 9.42. The third-order valence-corrected chi connectivity index (χ3v) is 10.2. The summed E-state index contributed by atoms with van der Waals surface area (Å²) in [6.07, 6.45) is -1.21. The lowest BCUT2D eigenvalue weighted by Gasteiger charge is -2.61. The number of amides is 1. The van der Waals surface area contributed by atoms with Crippen LogP contribution >= 0.6 is 0 Å². The van der Waals surface area contributed by atoms with Crippen molar-refractivity contribution in [2.24, 2.45) is 28.4 Å². The van der Waals surface area contributed by atoms with Crippen molar-refractivity contribution in [3.05, 3.63) is 28.8 Å². The first-order valence-corrected chi connectivity index (χ1v) is 15.0. The molecular formula is C32H45N3O11. The van der Waals surface area contributed by atoms with Gasteiger partial charge in [0.1, 0.15) is 5.75 Å². The first-order chi connectivity index (χ1) is 21.5. The monoisotopic (exact) mass is 647 g/mol. The summed E-state index contributed by atoms with van der Waals surface area (Å²) in [5.74, 6) is -9.21. The molecule has 254 valence electrons. The molecule has 1 aromatic rings. The Morgan fingerprint density at radius 2 is 1.52 bits per heavy atom. The number of fused-ring (bicyclic) bond motifs is 3. The SMILES string of the molecule is COC(CN(Cc1ccc(O)c2c1C[C@@]1(C)C[C@@]3(C)[C@H](N(C)C)C(=O)C(C(N)=O)C(=O)[C@@]3(O)C(=O)C1C2=O)CC(OC)OC)OC. The Hall–Kier alpha value is -3.11. The molecule has 1 aromatic carbocycles. The lowest BCUT2D eigenvalue weighted by molar-refractivity contribution is -0.203. The van der Waals surface area contributed by atoms with Gasteiger partial charge in [0, 0.05) is 40.4 Å². The molecular weight excluding hydrogens is 602 g/mol. The van der Waals surface area contributed by atoms with Crippen LogP contribution in [0.3, 0.4) is 0 Å². The molecule has 4 rings (SSSR count). The predicted molar refractivity (Wildman–Crippen MR) is 161 cm³/mol. The third-order valence-electron chi connectivity index (χ3n) is 10.2. The van der Waals surface area contributed by atoms with Crippen LogP contribution in [0.15, 0.2) is 12.1 Å². The van der Waals surface area contributed by atoms with E-state index >= 15 is 0 Å². The number of Topliss-reactive ketones (excluding diaryl/α,β-unsaturated/α-hetero) is 4. The van der Waals surface area contributed by atoms with Crippen LogP contribution in [0.25, 0.3) is 0 Å². The summed E-state index contributed by atoms with van der Waals surface area (Å²) in [6, 6.07) is 1.81. The fourth-order valence-electron chi connectivity index (χ4n) is 8.29. The maximum atomic E-state index is 14.4. The van der Waals surface area contributed by atoms with Gasteiger partial charge in [-0.2, -0.15) is 0 Å². The molecule has 0 aliphatic heterocycles. The molecule has 2 fully saturated rings. The highest BCUT2D eigenvalue weighted by Crippen LogP contribution is 2.61. The fourth-order valence-corrected chi connectivity index (χ4v) is 8.29.